The summed E-state index contributed by atoms with van der Waals surface area (Å²) in [5.74, 6) is 1.47. The molecule has 3 aromatic rings. The van der Waals surface area contributed by atoms with E-state index in [-0.39, 0.29) is 0 Å². The molecule has 0 radical (unpaired) electrons. The van der Waals surface area contributed by atoms with Crippen molar-refractivity contribution in [3.8, 4) is 10.6 Å². The maximum Gasteiger partial charge on any atom is 0.234 e. The van der Waals surface area contributed by atoms with Crippen molar-refractivity contribution in [2.24, 2.45) is 5.92 Å². The lowest BCUT2D eigenvalue weighted by Gasteiger charge is -1.99. The van der Waals surface area contributed by atoms with E-state index in [1.807, 2.05) is 16.1 Å². The van der Waals surface area contributed by atoms with Crippen LogP contribution in [0.25, 0.3) is 15.5 Å². The monoisotopic (exact) mass is 304 g/mol. The summed E-state index contributed by atoms with van der Waals surface area (Å²) in [6.07, 6.45) is 4.04. The second-order valence-electron chi connectivity index (χ2n) is 5.71. The molecule has 0 spiro atoms. The molecule has 0 aromatic carbocycles. The molecule has 112 valence electrons. The van der Waals surface area contributed by atoms with Gasteiger partial charge >= 0.3 is 0 Å². The van der Waals surface area contributed by atoms with Crippen LogP contribution in [0.15, 0.2) is 6.20 Å². The first-order valence-electron chi connectivity index (χ1n) is 7.34. The van der Waals surface area contributed by atoms with Gasteiger partial charge in [0.2, 0.25) is 4.96 Å². The molecule has 0 fully saturated rings. The highest BCUT2D eigenvalue weighted by Crippen LogP contribution is 2.28. The number of fused-ring (bicyclic) bond motifs is 1. The molecule has 3 aromatic heterocycles. The van der Waals surface area contributed by atoms with Gasteiger partial charge in [-0.3, -0.25) is 4.68 Å². The summed E-state index contributed by atoms with van der Waals surface area (Å²) in [4.78, 5) is 0.850. The lowest BCUT2D eigenvalue weighted by molar-refractivity contribution is 0.598. The number of aryl methyl sites for hydroxylation is 2. The van der Waals surface area contributed by atoms with Crippen molar-refractivity contribution in [3.63, 3.8) is 0 Å². The molecule has 0 aliphatic rings. The summed E-state index contributed by atoms with van der Waals surface area (Å²) in [5, 5.41) is 18.6. The van der Waals surface area contributed by atoms with Gasteiger partial charge < -0.3 is 0 Å². The van der Waals surface area contributed by atoms with Gasteiger partial charge in [0.25, 0.3) is 0 Å². The molecule has 0 saturated heterocycles. The Morgan fingerprint density at radius 1 is 1.24 bits per heavy atom. The van der Waals surface area contributed by atoms with Gasteiger partial charge in [0.05, 0.1) is 11.3 Å². The zero-order valence-corrected chi connectivity index (χ0v) is 13.7. The Hall–Kier alpha value is -1.76. The van der Waals surface area contributed by atoms with E-state index in [1.54, 1.807) is 11.3 Å². The topological polar surface area (TPSA) is 60.9 Å². The molecule has 7 heteroatoms. The normalized spacial score (nSPS) is 11.9. The van der Waals surface area contributed by atoms with E-state index >= 15 is 0 Å². The van der Waals surface area contributed by atoms with Gasteiger partial charge in [0.1, 0.15) is 0 Å². The Bertz CT molecular complexity index is 751. The van der Waals surface area contributed by atoms with E-state index < -0.39 is 0 Å². The van der Waals surface area contributed by atoms with Crippen LogP contribution in [0.2, 0.25) is 0 Å². The number of hydrogen-bond donors (Lipinski definition) is 0. The fraction of sp³-hybridized carbons (Fsp3) is 0.571. The Labute approximate surface area is 127 Å². The molecular formula is C14H20N6S. The van der Waals surface area contributed by atoms with Gasteiger partial charge in [-0.25, -0.2) is 0 Å². The summed E-state index contributed by atoms with van der Waals surface area (Å²) in [6, 6.07) is 0. The van der Waals surface area contributed by atoms with Gasteiger partial charge in [0.15, 0.2) is 10.8 Å². The van der Waals surface area contributed by atoms with Crippen molar-refractivity contribution in [1.29, 1.82) is 0 Å². The molecule has 0 saturated carbocycles. The minimum absolute atomic E-state index is 0.539. The summed E-state index contributed by atoms with van der Waals surface area (Å²) in [5.41, 5.74) is 2.10. The second-order valence-corrected chi connectivity index (χ2v) is 6.66. The quantitative estimate of drug-likeness (QED) is 0.727. The molecule has 3 rings (SSSR count). The first-order chi connectivity index (χ1) is 10.1. The van der Waals surface area contributed by atoms with Crippen molar-refractivity contribution in [2.45, 2.75) is 47.1 Å². The third-order valence-electron chi connectivity index (χ3n) is 3.28. The fourth-order valence-corrected chi connectivity index (χ4v) is 3.25. The van der Waals surface area contributed by atoms with Crippen LogP contribution < -0.4 is 0 Å². The smallest absolute Gasteiger partial charge is 0.234 e. The molecule has 0 unspecified atom stereocenters. The van der Waals surface area contributed by atoms with Crippen LogP contribution in [0.3, 0.4) is 0 Å². The minimum Gasteiger partial charge on any atom is -0.272 e. The van der Waals surface area contributed by atoms with Gasteiger partial charge in [-0.15, -0.1) is 10.2 Å². The van der Waals surface area contributed by atoms with Gasteiger partial charge in [0, 0.05) is 19.2 Å². The SMILES string of the molecule is CCCn1cc(-c2nn3c(CC(C)C)nnc3s2)c(C)n1. The first-order valence-corrected chi connectivity index (χ1v) is 8.15. The molecule has 3 heterocycles. The largest absolute Gasteiger partial charge is 0.272 e. The lowest BCUT2D eigenvalue weighted by Crippen LogP contribution is -2.01. The van der Waals surface area contributed by atoms with Crippen molar-refractivity contribution in [2.75, 3.05) is 0 Å². The highest BCUT2D eigenvalue weighted by molar-refractivity contribution is 7.19. The van der Waals surface area contributed by atoms with Crippen molar-refractivity contribution >= 4 is 16.3 Å². The Morgan fingerprint density at radius 3 is 2.76 bits per heavy atom. The number of aromatic nitrogens is 6. The average molecular weight is 304 g/mol. The molecular weight excluding hydrogens is 284 g/mol. The summed E-state index contributed by atoms with van der Waals surface area (Å²) >= 11 is 1.57. The van der Waals surface area contributed by atoms with Crippen LogP contribution in [0, 0.1) is 12.8 Å². The Kier molecular flexibility index (Phi) is 3.75. The highest BCUT2D eigenvalue weighted by Gasteiger charge is 2.16. The molecule has 0 aliphatic carbocycles. The highest BCUT2D eigenvalue weighted by atomic mass is 32.1. The third kappa shape index (κ3) is 2.70. The average Bonchev–Trinajstić information content (AvgIpc) is 3.06. The zero-order valence-electron chi connectivity index (χ0n) is 12.9. The molecule has 6 nitrogen and oxygen atoms in total. The van der Waals surface area contributed by atoms with Crippen LogP contribution in [0.4, 0.5) is 0 Å². The summed E-state index contributed by atoms with van der Waals surface area (Å²) in [7, 11) is 0. The molecule has 0 bridgehead atoms. The Morgan fingerprint density at radius 2 is 2.05 bits per heavy atom. The van der Waals surface area contributed by atoms with E-state index in [9.17, 15) is 0 Å². The van der Waals surface area contributed by atoms with Crippen LogP contribution in [-0.4, -0.2) is 29.6 Å². The second kappa shape index (κ2) is 5.55. The molecule has 21 heavy (non-hydrogen) atoms. The third-order valence-corrected chi connectivity index (χ3v) is 4.21. The van der Waals surface area contributed by atoms with Crippen LogP contribution in [-0.2, 0) is 13.0 Å². The van der Waals surface area contributed by atoms with Crippen molar-refractivity contribution < 1.29 is 0 Å². The van der Waals surface area contributed by atoms with E-state index in [1.165, 1.54) is 0 Å². The molecule has 0 aliphatic heterocycles. The lowest BCUT2D eigenvalue weighted by atomic mass is 10.1. The zero-order chi connectivity index (χ0) is 15.0. The predicted molar refractivity (Wildman–Crippen MR) is 83.5 cm³/mol. The van der Waals surface area contributed by atoms with Gasteiger partial charge in [-0.2, -0.15) is 14.7 Å². The summed E-state index contributed by atoms with van der Waals surface area (Å²) < 4.78 is 3.86. The number of rotatable bonds is 5. The van der Waals surface area contributed by atoms with Gasteiger partial charge in [-0.05, 0) is 19.3 Å². The number of nitrogens with zero attached hydrogens (tertiary/aromatic N) is 6. The molecule has 0 atom stereocenters. The first kappa shape index (κ1) is 14.2. The molecule has 0 amide bonds. The predicted octanol–water partition coefficient (Wildman–Crippen LogP) is 2.97. The van der Waals surface area contributed by atoms with E-state index in [0.29, 0.717) is 5.92 Å². The Balaban J connectivity index is 1.99. The summed E-state index contributed by atoms with van der Waals surface area (Å²) in [6.45, 7) is 9.46. The van der Waals surface area contributed by atoms with E-state index in [0.717, 1.165) is 46.4 Å². The van der Waals surface area contributed by atoms with E-state index in [2.05, 4.69) is 47.4 Å². The van der Waals surface area contributed by atoms with Gasteiger partial charge in [-0.1, -0.05) is 32.1 Å². The number of hydrogen-bond acceptors (Lipinski definition) is 5. The maximum absolute atomic E-state index is 4.69. The maximum atomic E-state index is 4.69. The van der Waals surface area contributed by atoms with Crippen LogP contribution >= 0.6 is 11.3 Å². The minimum atomic E-state index is 0.539. The van der Waals surface area contributed by atoms with Crippen LogP contribution in [0.5, 0.6) is 0 Å². The van der Waals surface area contributed by atoms with Crippen LogP contribution in [0.1, 0.15) is 38.7 Å². The van der Waals surface area contributed by atoms with Crippen molar-refractivity contribution in [3.05, 3.63) is 17.7 Å². The van der Waals surface area contributed by atoms with E-state index in [4.69, 9.17) is 0 Å². The fourth-order valence-electron chi connectivity index (χ4n) is 2.33. The standard InChI is InChI=1S/C14H20N6S/c1-5-6-19-8-11(10(4)17-19)13-18-20-12(7-9(2)3)15-16-14(20)21-13/h8-9H,5-7H2,1-4H3. The van der Waals surface area contributed by atoms with Crippen molar-refractivity contribution in [1.82, 2.24) is 29.6 Å². The molecule has 0 N–H and O–H groups in total.